The summed E-state index contributed by atoms with van der Waals surface area (Å²) in [6.45, 7) is 7.53. The number of carbonyl (C=O) groups is 1. The standard InChI is InChI=1S/C22H25BrN4OS2.ClH/c1-2-29-19-6-4-3-5-17(19)21(28)24-9-10-26-11-13-27(14-12-26)22-25-18-8-7-16(23)15-20(18)30-22;/h3-8,15H,2,9-14H2,1H3,(H,24,28);1H. The van der Waals surface area contributed by atoms with Crippen molar-refractivity contribution in [3.05, 3.63) is 52.5 Å². The van der Waals surface area contributed by atoms with Crippen LogP contribution in [0.15, 0.2) is 51.8 Å². The molecule has 0 spiro atoms. The number of fused-ring (bicyclic) bond motifs is 1. The highest BCUT2D eigenvalue weighted by Crippen LogP contribution is 2.31. The molecule has 0 radical (unpaired) electrons. The minimum absolute atomic E-state index is 0. The topological polar surface area (TPSA) is 48.5 Å². The fourth-order valence-electron chi connectivity index (χ4n) is 3.54. The third kappa shape index (κ3) is 6.14. The number of thioether (sulfide) groups is 1. The van der Waals surface area contributed by atoms with Gasteiger partial charge in [0.1, 0.15) is 0 Å². The van der Waals surface area contributed by atoms with Crippen LogP contribution in [0.3, 0.4) is 0 Å². The Balaban J connectivity index is 0.00000272. The molecule has 5 nitrogen and oxygen atoms in total. The molecule has 1 aliphatic heterocycles. The van der Waals surface area contributed by atoms with Gasteiger partial charge < -0.3 is 10.2 Å². The molecule has 1 aromatic heterocycles. The molecule has 0 unspecified atom stereocenters. The van der Waals surface area contributed by atoms with Crippen LogP contribution in [0, 0.1) is 0 Å². The fourth-order valence-corrected chi connectivity index (χ4v) is 5.91. The van der Waals surface area contributed by atoms with Crippen molar-refractivity contribution in [2.24, 2.45) is 0 Å². The van der Waals surface area contributed by atoms with Crippen molar-refractivity contribution >= 4 is 72.7 Å². The van der Waals surface area contributed by atoms with Crippen molar-refractivity contribution in [3.8, 4) is 0 Å². The maximum absolute atomic E-state index is 12.6. The molecule has 2 heterocycles. The number of anilines is 1. The summed E-state index contributed by atoms with van der Waals surface area (Å²) in [5.41, 5.74) is 1.83. The molecule has 9 heteroatoms. The molecular formula is C22H26BrClN4OS2. The summed E-state index contributed by atoms with van der Waals surface area (Å²) in [5.74, 6) is 0.978. The van der Waals surface area contributed by atoms with Gasteiger partial charge in [0.15, 0.2) is 5.13 Å². The molecule has 31 heavy (non-hydrogen) atoms. The monoisotopic (exact) mass is 540 g/mol. The SMILES string of the molecule is CCSc1ccccc1C(=O)NCCN1CCN(c2nc3ccc(Br)cc3s2)CC1.Cl. The van der Waals surface area contributed by atoms with E-state index in [1.54, 1.807) is 23.1 Å². The number of piperazine rings is 1. The third-order valence-corrected chi connectivity index (χ3v) is 7.66. The Hall–Kier alpha value is -1.32. The lowest BCUT2D eigenvalue weighted by atomic mass is 10.2. The number of nitrogens with zero attached hydrogens (tertiary/aromatic N) is 3. The molecule has 4 rings (SSSR count). The average Bonchev–Trinajstić information content (AvgIpc) is 3.18. The summed E-state index contributed by atoms with van der Waals surface area (Å²) in [6.07, 6.45) is 0. The number of hydrogen-bond acceptors (Lipinski definition) is 6. The Labute approximate surface area is 206 Å². The summed E-state index contributed by atoms with van der Waals surface area (Å²) >= 11 is 6.99. The molecule has 1 aliphatic rings. The van der Waals surface area contributed by atoms with Gasteiger partial charge in [-0.25, -0.2) is 4.98 Å². The van der Waals surface area contributed by atoms with Crippen LogP contribution in [-0.2, 0) is 0 Å². The van der Waals surface area contributed by atoms with E-state index in [0.29, 0.717) is 6.54 Å². The van der Waals surface area contributed by atoms with Gasteiger partial charge in [0, 0.05) is 48.6 Å². The summed E-state index contributed by atoms with van der Waals surface area (Å²) in [7, 11) is 0. The van der Waals surface area contributed by atoms with E-state index in [2.05, 4.69) is 50.1 Å². The van der Waals surface area contributed by atoms with Crippen LogP contribution >= 0.6 is 51.4 Å². The van der Waals surface area contributed by atoms with Crippen molar-refractivity contribution < 1.29 is 4.79 Å². The first-order chi connectivity index (χ1) is 14.6. The second kappa shape index (κ2) is 11.5. The number of halogens is 2. The minimum atomic E-state index is 0. The summed E-state index contributed by atoms with van der Waals surface area (Å²) < 4.78 is 2.30. The summed E-state index contributed by atoms with van der Waals surface area (Å²) in [4.78, 5) is 23.2. The van der Waals surface area contributed by atoms with Crippen LogP contribution < -0.4 is 10.2 Å². The zero-order valence-electron chi connectivity index (χ0n) is 17.3. The van der Waals surface area contributed by atoms with Gasteiger partial charge in [0.2, 0.25) is 0 Å². The molecule has 2 aromatic carbocycles. The predicted molar refractivity (Wildman–Crippen MR) is 138 cm³/mol. The molecule has 166 valence electrons. The second-order valence-electron chi connectivity index (χ2n) is 7.12. The van der Waals surface area contributed by atoms with E-state index in [9.17, 15) is 4.79 Å². The van der Waals surface area contributed by atoms with Crippen molar-refractivity contribution in [1.82, 2.24) is 15.2 Å². The number of aromatic nitrogens is 1. The number of thiazole rings is 1. The van der Waals surface area contributed by atoms with Gasteiger partial charge in [0.25, 0.3) is 5.91 Å². The lowest BCUT2D eigenvalue weighted by molar-refractivity contribution is 0.0945. The van der Waals surface area contributed by atoms with E-state index in [-0.39, 0.29) is 18.3 Å². The lowest BCUT2D eigenvalue weighted by Crippen LogP contribution is -2.48. The molecule has 0 aliphatic carbocycles. The zero-order valence-corrected chi connectivity index (χ0v) is 21.4. The molecular weight excluding hydrogens is 516 g/mol. The normalized spacial score (nSPS) is 14.5. The minimum Gasteiger partial charge on any atom is -0.351 e. The Bertz CT molecular complexity index is 1020. The highest BCUT2D eigenvalue weighted by atomic mass is 79.9. The molecule has 1 saturated heterocycles. The number of benzene rings is 2. The van der Waals surface area contributed by atoms with Gasteiger partial charge in [-0.3, -0.25) is 9.69 Å². The molecule has 1 N–H and O–H groups in total. The van der Waals surface area contributed by atoms with Crippen molar-refractivity contribution in [3.63, 3.8) is 0 Å². The molecule has 0 bridgehead atoms. The number of carbonyl (C=O) groups excluding carboxylic acids is 1. The van der Waals surface area contributed by atoms with Crippen LogP contribution in [0.1, 0.15) is 17.3 Å². The number of amides is 1. The first-order valence-corrected chi connectivity index (χ1v) is 12.8. The molecule has 1 amide bonds. The summed E-state index contributed by atoms with van der Waals surface area (Å²) in [6, 6.07) is 14.1. The second-order valence-corrected chi connectivity index (χ2v) is 10.4. The molecule has 1 fully saturated rings. The summed E-state index contributed by atoms with van der Waals surface area (Å²) in [5, 5.41) is 4.19. The van der Waals surface area contributed by atoms with Gasteiger partial charge in [-0.15, -0.1) is 24.2 Å². The maximum Gasteiger partial charge on any atom is 0.252 e. The fraction of sp³-hybridized carbons (Fsp3) is 0.364. The highest BCUT2D eigenvalue weighted by molar-refractivity contribution is 9.10. The van der Waals surface area contributed by atoms with Gasteiger partial charge in [0.05, 0.1) is 15.8 Å². The quantitative estimate of drug-likeness (QED) is 0.420. The first-order valence-electron chi connectivity index (χ1n) is 10.2. The smallest absolute Gasteiger partial charge is 0.252 e. The van der Waals surface area contributed by atoms with E-state index in [1.807, 2.05) is 30.3 Å². The van der Waals surface area contributed by atoms with Gasteiger partial charge in [-0.05, 0) is 36.1 Å². The van der Waals surface area contributed by atoms with Crippen LogP contribution in [-0.4, -0.2) is 60.8 Å². The Morgan fingerprint density at radius 1 is 1.19 bits per heavy atom. The van der Waals surface area contributed by atoms with Crippen LogP contribution in [0.5, 0.6) is 0 Å². The average molecular weight is 542 g/mol. The number of hydrogen-bond donors (Lipinski definition) is 1. The number of nitrogens with one attached hydrogen (secondary N) is 1. The predicted octanol–water partition coefficient (Wildman–Crippen LogP) is 5.14. The van der Waals surface area contributed by atoms with E-state index >= 15 is 0 Å². The van der Waals surface area contributed by atoms with Gasteiger partial charge in [-0.1, -0.05) is 46.3 Å². The third-order valence-electron chi connectivity index (χ3n) is 5.13. The molecule has 3 aromatic rings. The van der Waals surface area contributed by atoms with Crippen molar-refractivity contribution in [2.75, 3.05) is 49.9 Å². The van der Waals surface area contributed by atoms with Crippen LogP contribution in [0.25, 0.3) is 10.2 Å². The first kappa shape index (κ1) is 24.3. The largest absolute Gasteiger partial charge is 0.351 e. The molecule has 0 saturated carbocycles. The van der Waals surface area contributed by atoms with Crippen molar-refractivity contribution in [1.29, 1.82) is 0 Å². The number of rotatable bonds is 7. The van der Waals surface area contributed by atoms with E-state index < -0.39 is 0 Å². The maximum atomic E-state index is 12.6. The van der Waals surface area contributed by atoms with Gasteiger partial charge in [-0.2, -0.15) is 0 Å². The Kier molecular flexibility index (Phi) is 9.04. The zero-order chi connectivity index (χ0) is 20.9. The Morgan fingerprint density at radius 3 is 2.74 bits per heavy atom. The lowest BCUT2D eigenvalue weighted by Gasteiger charge is -2.34. The van der Waals surface area contributed by atoms with Crippen molar-refractivity contribution in [2.45, 2.75) is 11.8 Å². The van der Waals surface area contributed by atoms with Gasteiger partial charge >= 0.3 is 0 Å². The van der Waals surface area contributed by atoms with Crippen LogP contribution in [0.4, 0.5) is 5.13 Å². The van der Waals surface area contributed by atoms with E-state index in [1.165, 1.54) is 4.70 Å². The van der Waals surface area contributed by atoms with Crippen LogP contribution in [0.2, 0.25) is 0 Å². The van der Waals surface area contributed by atoms with E-state index in [4.69, 9.17) is 4.98 Å². The van der Waals surface area contributed by atoms with E-state index in [0.717, 1.165) is 64.1 Å². The Morgan fingerprint density at radius 2 is 1.97 bits per heavy atom. The highest BCUT2D eigenvalue weighted by Gasteiger charge is 2.20. The molecule has 0 atom stereocenters.